The first kappa shape index (κ1) is 42.2. The van der Waals surface area contributed by atoms with Crippen LogP contribution in [0.15, 0.2) is 42.5 Å². The minimum absolute atomic E-state index is 0.00233. The lowest BCUT2D eigenvalue weighted by molar-refractivity contribution is -0.138. The number of hydrogen-bond donors (Lipinski definition) is 2. The maximum atomic E-state index is 13.7. The molecule has 0 aromatic heterocycles. The molecule has 306 valence electrons. The number of amides is 4. The number of nitrogens with one attached hydrogen (secondary N) is 2. The molecule has 0 spiro atoms. The van der Waals surface area contributed by atoms with E-state index in [1.54, 1.807) is 19.9 Å². The third-order valence-electron chi connectivity index (χ3n) is 12.2. The Labute approximate surface area is 337 Å². The van der Waals surface area contributed by atoms with Crippen LogP contribution in [-0.2, 0) is 25.4 Å². The van der Waals surface area contributed by atoms with Crippen molar-refractivity contribution in [2.45, 2.75) is 121 Å². The van der Waals surface area contributed by atoms with E-state index in [1.807, 2.05) is 29.2 Å². The highest BCUT2D eigenvalue weighted by Gasteiger charge is 2.52. The Bertz CT molecular complexity index is 1910. The molecule has 2 aromatic rings. The number of alkyl halides is 3. The van der Waals surface area contributed by atoms with Gasteiger partial charge in [-0.05, 0) is 127 Å². The highest BCUT2D eigenvalue weighted by molar-refractivity contribution is 7.80. The van der Waals surface area contributed by atoms with Gasteiger partial charge in [-0.25, -0.2) is 0 Å². The van der Waals surface area contributed by atoms with Gasteiger partial charge in [0.05, 0.1) is 35.3 Å². The quantitative estimate of drug-likeness (QED) is 0.147. The molecule has 3 saturated heterocycles. The van der Waals surface area contributed by atoms with Crippen LogP contribution in [0.3, 0.4) is 0 Å². The Morgan fingerprint density at radius 2 is 1.70 bits per heavy atom. The van der Waals surface area contributed by atoms with E-state index in [0.717, 1.165) is 82.3 Å². The summed E-state index contributed by atoms with van der Waals surface area (Å²) < 4.78 is 41.2. The molecule has 4 fully saturated rings. The van der Waals surface area contributed by atoms with Crippen LogP contribution < -0.4 is 15.5 Å². The zero-order valence-electron chi connectivity index (χ0n) is 33.0. The molecular weight excluding hydrogens is 756 g/mol. The van der Waals surface area contributed by atoms with Crippen LogP contribution in [-0.4, -0.2) is 93.3 Å². The number of piperazine rings is 1. The van der Waals surface area contributed by atoms with Gasteiger partial charge in [-0.3, -0.25) is 34.3 Å². The molecule has 2 aromatic carbocycles. The summed E-state index contributed by atoms with van der Waals surface area (Å²) in [6.45, 7) is 10.8. The van der Waals surface area contributed by atoms with Crippen LogP contribution in [0, 0.1) is 17.2 Å². The lowest BCUT2D eigenvalue weighted by Gasteiger charge is -2.44. The van der Waals surface area contributed by atoms with Crippen molar-refractivity contribution in [1.82, 2.24) is 20.0 Å². The minimum atomic E-state index is -4.75. The molecular formula is C42H52F3N7O4S. The molecule has 1 saturated carbocycles. The van der Waals surface area contributed by atoms with Gasteiger partial charge in [0, 0.05) is 43.3 Å². The normalized spacial score (nSPS) is 26.0. The third kappa shape index (κ3) is 9.34. The lowest BCUT2D eigenvalue weighted by Crippen LogP contribution is -2.58. The fraction of sp³-hybridized carbons (Fsp3) is 0.571. The summed E-state index contributed by atoms with van der Waals surface area (Å²) in [6, 6.07) is 12.5. The number of thiocarbonyl (C=S) groups is 1. The average Bonchev–Trinajstić information content (AvgIpc) is 3.33. The molecule has 2 N–H and O–H groups in total. The SMILES string of the molecule is C[C@@H]1CN(CCCCC2CCC(N3C(=S)N(c4ccc(C#N)c(C(F)(F)F)c4)C(=O)C3(C)C)CC2)C[C@H](C)N1CC(=O)Nc1cccc(C2CCC(=O)NC2=O)c1. The first-order valence-corrected chi connectivity index (χ1v) is 20.4. The predicted octanol–water partition coefficient (Wildman–Crippen LogP) is 6.57. The van der Waals surface area contributed by atoms with E-state index in [1.165, 1.54) is 11.0 Å². The van der Waals surface area contributed by atoms with Gasteiger partial charge in [0.2, 0.25) is 17.7 Å². The van der Waals surface area contributed by atoms with Gasteiger partial charge in [0.15, 0.2) is 5.11 Å². The first-order valence-electron chi connectivity index (χ1n) is 20.0. The molecule has 1 unspecified atom stereocenters. The monoisotopic (exact) mass is 807 g/mol. The lowest BCUT2D eigenvalue weighted by atomic mass is 9.81. The van der Waals surface area contributed by atoms with Crippen molar-refractivity contribution in [1.29, 1.82) is 5.26 Å². The van der Waals surface area contributed by atoms with E-state index in [9.17, 15) is 37.6 Å². The standard InChI is InChI=1S/C42H52F3N7O4S/c1-26-23-49(24-27(2)50(26)25-37(54)47-31-10-7-9-29(20-31)34-17-18-36(53)48-38(34)55)19-6-5-8-28-11-14-32(15-12-28)52-40(57)51(39(56)41(52,3)4)33-16-13-30(22-46)35(21-33)42(43,44)45/h7,9-10,13,16,20-21,26-28,32,34H,5-6,8,11-12,14-15,17-19,23-25H2,1-4H3,(H,47,54)(H,48,53,55)/t26-,27+,28?,32?,34?. The first-order chi connectivity index (χ1) is 27.0. The molecule has 3 heterocycles. The summed E-state index contributed by atoms with van der Waals surface area (Å²) in [5.74, 6) is -0.913. The zero-order valence-corrected chi connectivity index (χ0v) is 33.8. The molecule has 4 aliphatic rings. The second-order valence-electron chi connectivity index (χ2n) is 16.7. The van der Waals surface area contributed by atoms with Crippen LogP contribution in [0.4, 0.5) is 24.5 Å². The van der Waals surface area contributed by atoms with Gasteiger partial charge in [0.25, 0.3) is 5.91 Å². The number of carbonyl (C=O) groups excluding carboxylic acids is 4. The van der Waals surface area contributed by atoms with E-state index >= 15 is 0 Å². The number of benzene rings is 2. The number of piperidine rings is 1. The molecule has 15 heteroatoms. The summed E-state index contributed by atoms with van der Waals surface area (Å²) in [5, 5.41) is 14.8. The molecule has 4 amide bonds. The van der Waals surface area contributed by atoms with Crippen LogP contribution >= 0.6 is 12.2 Å². The average molecular weight is 808 g/mol. The Kier molecular flexibility index (Phi) is 12.8. The van der Waals surface area contributed by atoms with Crippen LogP contribution in [0.5, 0.6) is 0 Å². The van der Waals surface area contributed by atoms with Crippen LogP contribution in [0.25, 0.3) is 0 Å². The smallest absolute Gasteiger partial charge is 0.331 e. The van der Waals surface area contributed by atoms with Gasteiger partial charge < -0.3 is 15.1 Å². The molecule has 11 nitrogen and oxygen atoms in total. The molecule has 57 heavy (non-hydrogen) atoms. The molecule has 6 rings (SSSR count). The van der Waals surface area contributed by atoms with Crippen molar-refractivity contribution in [3.8, 4) is 6.07 Å². The summed E-state index contributed by atoms with van der Waals surface area (Å²) in [6.07, 6.45) is 2.92. The fourth-order valence-corrected chi connectivity index (χ4v) is 9.85. The van der Waals surface area contributed by atoms with Crippen molar-refractivity contribution in [2.24, 2.45) is 5.92 Å². The summed E-state index contributed by atoms with van der Waals surface area (Å²) >= 11 is 5.77. The Hall–Kier alpha value is -4.39. The highest BCUT2D eigenvalue weighted by atomic mass is 32.1. The van der Waals surface area contributed by atoms with E-state index in [-0.39, 0.29) is 59.1 Å². The molecule has 1 aliphatic carbocycles. The van der Waals surface area contributed by atoms with Gasteiger partial charge in [-0.2, -0.15) is 18.4 Å². The Morgan fingerprint density at radius 1 is 1.00 bits per heavy atom. The minimum Gasteiger partial charge on any atom is -0.331 e. The number of nitriles is 1. The Morgan fingerprint density at radius 3 is 2.35 bits per heavy atom. The van der Waals surface area contributed by atoms with Gasteiger partial charge in [-0.1, -0.05) is 25.0 Å². The number of imide groups is 1. The Balaban J connectivity index is 0.929. The van der Waals surface area contributed by atoms with Crippen LogP contribution in [0.2, 0.25) is 0 Å². The second-order valence-corrected chi connectivity index (χ2v) is 17.0. The number of halogens is 3. The number of rotatable bonds is 11. The van der Waals surface area contributed by atoms with Crippen molar-refractivity contribution < 1.29 is 32.3 Å². The highest BCUT2D eigenvalue weighted by Crippen LogP contribution is 2.41. The molecule has 3 aliphatic heterocycles. The second kappa shape index (κ2) is 17.2. The van der Waals surface area contributed by atoms with Gasteiger partial charge >= 0.3 is 6.18 Å². The molecule has 0 radical (unpaired) electrons. The fourth-order valence-electron chi connectivity index (χ4n) is 9.29. The number of carbonyl (C=O) groups is 4. The van der Waals surface area contributed by atoms with E-state index in [2.05, 4.69) is 34.3 Å². The molecule has 0 bridgehead atoms. The predicted molar refractivity (Wildman–Crippen MR) is 214 cm³/mol. The van der Waals surface area contributed by atoms with Crippen LogP contribution in [0.1, 0.15) is 108 Å². The largest absolute Gasteiger partial charge is 0.417 e. The van der Waals surface area contributed by atoms with Gasteiger partial charge in [-0.15, -0.1) is 0 Å². The number of unbranched alkanes of at least 4 members (excludes halogenated alkanes) is 1. The van der Waals surface area contributed by atoms with E-state index in [4.69, 9.17) is 12.2 Å². The summed E-state index contributed by atoms with van der Waals surface area (Å²) in [7, 11) is 0. The maximum absolute atomic E-state index is 13.7. The molecule has 3 atom stereocenters. The number of hydrogen-bond acceptors (Lipinski definition) is 8. The number of nitrogens with zero attached hydrogens (tertiary/aromatic N) is 5. The van der Waals surface area contributed by atoms with E-state index < -0.39 is 28.8 Å². The summed E-state index contributed by atoms with van der Waals surface area (Å²) in [4.78, 5) is 58.5. The topological polar surface area (TPSA) is 129 Å². The van der Waals surface area contributed by atoms with Crippen molar-refractivity contribution >= 4 is 52.3 Å². The van der Waals surface area contributed by atoms with Crippen molar-refractivity contribution in [3.05, 3.63) is 59.2 Å². The van der Waals surface area contributed by atoms with Crippen molar-refractivity contribution in [2.75, 3.05) is 36.4 Å². The van der Waals surface area contributed by atoms with E-state index in [0.29, 0.717) is 24.4 Å². The zero-order chi connectivity index (χ0) is 41.2. The third-order valence-corrected chi connectivity index (χ3v) is 12.6. The number of anilines is 2. The van der Waals surface area contributed by atoms with Crippen molar-refractivity contribution in [3.63, 3.8) is 0 Å². The maximum Gasteiger partial charge on any atom is 0.417 e. The van der Waals surface area contributed by atoms with Gasteiger partial charge in [0.1, 0.15) is 5.54 Å². The summed E-state index contributed by atoms with van der Waals surface area (Å²) in [5.41, 5.74) is -1.19.